The number of rotatable bonds is 4. The fraction of sp³-hybridized carbons (Fsp3) is 0.667. The Bertz CT molecular complexity index is 356. The number of aliphatic hydroxyl groups is 1. The van der Waals surface area contributed by atoms with E-state index in [2.05, 4.69) is 15.0 Å². The minimum Gasteiger partial charge on any atom is -0.394 e. The van der Waals surface area contributed by atoms with Crippen LogP contribution in [0.4, 0.5) is 17.8 Å². The first-order chi connectivity index (χ1) is 7.45. The maximum atomic E-state index is 9.06. The predicted octanol–water partition coefficient (Wildman–Crippen LogP) is -0.663. The molecule has 16 heavy (non-hydrogen) atoms. The Balaban J connectivity index is 3.04. The quantitative estimate of drug-likeness (QED) is 0.704. The highest BCUT2D eigenvalue weighted by atomic mass is 16.3. The van der Waals surface area contributed by atoms with E-state index in [-0.39, 0.29) is 18.6 Å². The molecule has 0 radical (unpaired) electrons. The highest BCUT2D eigenvalue weighted by Crippen LogP contribution is 2.13. The van der Waals surface area contributed by atoms with Gasteiger partial charge < -0.3 is 20.6 Å². The van der Waals surface area contributed by atoms with Crippen LogP contribution in [-0.4, -0.2) is 53.9 Å². The predicted molar refractivity (Wildman–Crippen MR) is 63.5 cm³/mol. The van der Waals surface area contributed by atoms with Crippen molar-refractivity contribution in [3.63, 3.8) is 0 Å². The van der Waals surface area contributed by atoms with Gasteiger partial charge >= 0.3 is 0 Å². The number of hydrogen-bond donors (Lipinski definition) is 2. The zero-order chi connectivity index (χ0) is 12.3. The summed E-state index contributed by atoms with van der Waals surface area (Å²) in [5, 5.41) is 9.06. The lowest BCUT2D eigenvalue weighted by atomic mass is 10.3. The van der Waals surface area contributed by atoms with Crippen LogP contribution < -0.4 is 15.5 Å². The summed E-state index contributed by atoms with van der Waals surface area (Å²) in [5.41, 5.74) is 5.60. The molecule has 1 aromatic heterocycles. The fourth-order valence-corrected chi connectivity index (χ4v) is 1.05. The molecule has 1 heterocycles. The maximum absolute atomic E-state index is 9.06. The number of nitrogen functional groups attached to an aromatic ring is 1. The molecule has 90 valence electrons. The summed E-state index contributed by atoms with van der Waals surface area (Å²) in [7, 11) is 5.46. The minimum atomic E-state index is -0.0724. The van der Waals surface area contributed by atoms with Crippen molar-refractivity contribution in [3.8, 4) is 0 Å². The molecule has 0 saturated heterocycles. The Morgan fingerprint density at radius 1 is 1.19 bits per heavy atom. The topological polar surface area (TPSA) is 91.4 Å². The summed E-state index contributed by atoms with van der Waals surface area (Å²) in [6.45, 7) is 1.90. The van der Waals surface area contributed by atoms with Crippen LogP contribution in [0.5, 0.6) is 0 Å². The first-order valence-electron chi connectivity index (χ1n) is 4.98. The molecule has 1 rings (SSSR count). The van der Waals surface area contributed by atoms with Gasteiger partial charge in [0.1, 0.15) is 0 Å². The van der Waals surface area contributed by atoms with Crippen molar-refractivity contribution in [1.82, 2.24) is 15.0 Å². The molecule has 0 aliphatic rings. The SMILES string of the molecule is CC(CO)N(C)c1nc(N)nc(N(C)C)n1. The smallest absolute Gasteiger partial charge is 0.232 e. The summed E-state index contributed by atoms with van der Waals surface area (Å²) in [5.74, 6) is 1.13. The molecule has 0 aliphatic heterocycles. The van der Waals surface area contributed by atoms with Crippen molar-refractivity contribution in [3.05, 3.63) is 0 Å². The van der Waals surface area contributed by atoms with Crippen LogP contribution in [0.1, 0.15) is 6.92 Å². The number of likely N-dealkylation sites (N-methyl/N-ethyl adjacent to an activating group) is 1. The zero-order valence-corrected chi connectivity index (χ0v) is 10.0. The summed E-state index contributed by atoms with van der Waals surface area (Å²) in [6, 6.07) is -0.0724. The van der Waals surface area contributed by atoms with E-state index in [1.165, 1.54) is 0 Å². The molecule has 1 aromatic rings. The van der Waals surface area contributed by atoms with Gasteiger partial charge in [-0.3, -0.25) is 0 Å². The molecule has 7 heteroatoms. The van der Waals surface area contributed by atoms with Crippen LogP contribution >= 0.6 is 0 Å². The summed E-state index contributed by atoms with van der Waals surface area (Å²) < 4.78 is 0. The van der Waals surface area contributed by atoms with Crippen molar-refractivity contribution < 1.29 is 5.11 Å². The van der Waals surface area contributed by atoms with Crippen molar-refractivity contribution in [2.75, 3.05) is 43.3 Å². The monoisotopic (exact) mass is 226 g/mol. The minimum absolute atomic E-state index is 0.0272. The largest absolute Gasteiger partial charge is 0.394 e. The number of aliphatic hydroxyl groups excluding tert-OH is 1. The van der Waals surface area contributed by atoms with Gasteiger partial charge in [-0.1, -0.05) is 0 Å². The van der Waals surface area contributed by atoms with Crippen molar-refractivity contribution in [2.45, 2.75) is 13.0 Å². The van der Waals surface area contributed by atoms with Gasteiger partial charge in [0.25, 0.3) is 0 Å². The average molecular weight is 226 g/mol. The fourth-order valence-electron chi connectivity index (χ4n) is 1.05. The number of anilines is 3. The third kappa shape index (κ3) is 2.69. The van der Waals surface area contributed by atoms with Crippen molar-refractivity contribution in [2.24, 2.45) is 0 Å². The Kier molecular flexibility index (Phi) is 3.83. The molecule has 0 amide bonds. The summed E-state index contributed by atoms with van der Waals surface area (Å²) in [4.78, 5) is 15.8. The van der Waals surface area contributed by atoms with E-state index >= 15 is 0 Å². The van der Waals surface area contributed by atoms with E-state index in [1.54, 1.807) is 16.8 Å². The third-order valence-electron chi connectivity index (χ3n) is 2.27. The molecule has 0 bridgehead atoms. The van der Waals surface area contributed by atoms with Gasteiger partial charge in [-0.2, -0.15) is 15.0 Å². The van der Waals surface area contributed by atoms with E-state index in [1.807, 2.05) is 21.0 Å². The lowest BCUT2D eigenvalue weighted by Gasteiger charge is -2.23. The van der Waals surface area contributed by atoms with Gasteiger partial charge in [-0.15, -0.1) is 0 Å². The second-order valence-electron chi connectivity index (χ2n) is 3.83. The van der Waals surface area contributed by atoms with E-state index in [9.17, 15) is 0 Å². The van der Waals surface area contributed by atoms with Gasteiger partial charge in [-0.25, -0.2) is 0 Å². The third-order valence-corrected chi connectivity index (χ3v) is 2.27. The van der Waals surface area contributed by atoms with Crippen LogP contribution in [-0.2, 0) is 0 Å². The van der Waals surface area contributed by atoms with Crippen LogP contribution in [0.2, 0.25) is 0 Å². The van der Waals surface area contributed by atoms with Crippen LogP contribution in [0.15, 0.2) is 0 Å². The van der Waals surface area contributed by atoms with E-state index in [0.717, 1.165) is 0 Å². The number of aromatic nitrogens is 3. The van der Waals surface area contributed by atoms with Crippen LogP contribution in [0.25, 0.3) is 0 Å². The van der Waals surface area contributed by atoms with Crippen molar-refractivity contribution in [1.29, 1.82) is 0 Å². The molecule has 1 atom stereocenters. The number of nitrogens with two attached hydrogens (primary N) is 1. The Morgan fingerprint density at radius 2 is 1.75 bits per heavy atom. The molecule has 3 N–H and O–H groups in total. The summed E-state index contributed by atoms with van der Waals surface area (Å²) >= 11 is 0. The Labute approximate surface area is 94.9 Å². The maximum Gasteiger partial charge on any atom is 0.232 e. The normalized spacial score (nSPS) is 12.3. The highest BCUT2D eigenvalue weighted by molar-refractivity contribution is 5.42. The second kappa shape index (κ2) is 4.93. The molecule has 0 fully saturated rings. The second-order valence-corrected chi connectivity index (χ2v) is 3.83. The Hall–Kier alpha value is -1.63. The molecule has 7 nitrogen and oxygen atoms in total. The number of nitrogens with zero attached hydrogens (tertiary/aromatic N) is 5. The number of hydrogen-bond acceptors (Lipinski definition) is 7. The summed E-state index contributed by atoms with van der Waals surface area (Å²) in [6.07, 6.45) is 0. The standard InChI is InChI=1S/C9H18N6O/c1-6(5-16)15(4)9-12-7(10)11-8(13-9)14(2)3/h6,16H,5H2,1-4H3,(H2,10,11,12,13). The lowest BCUT2D eigenvalue weighted by Crippen LogP contribution is -2.34. The highest BCUT2D eigenvalue weighted by Gasteiger charge is 2.14. The van der Waals surface area contributed by atoms with Crippen molar-refractivity contribution >= 4 is 17.8 Å². The van der Waals surface area contributed by atoms with Crippen LogP contribution in [0.3, 0.4) is 0 Å². The van der Waals surface area contributed by atoms with E-state index in [0.29, 0.717) is 11.9 Å². The van der Waals surface area contributed by atoms with Gasteiger partial charge in [0.2, 0.25) is 17.8 Å². The molecule has 0 aromatic carbocycles. The molecule has 0 saturated carbocycles. The van der Waals surface area contributed by atoms with Crippen LogP contribution in [0, 0.1) is 0 Å². The molecule has 0 aliphatic carbocycles. The molecule has 1 unspecified atom stereocenters. The zero-order valence-electron chi connectivity index (χ0n) is 10.0. The van der Waals surface area contributed by atoms with Gasteiger partial charge in [0, 0.05) is 21.1 Å². The molecular weight excluding hydrogens is 208 g/mol. The van der Waals surface area contributed by atoms with Gasteiger partial charge in [0.05, 0.1) is 12.6 Å². The average Bonchev–Trinajstić information content (AvgIpc) is 2.26. The first-order valence-corrected chi connectivity index (χ1v) is 4.98. The molecular formula is C9H18N6O. The van der Waals surface area contributed by atoms with Gasteiger partial charge in [-0.05, 0) is 6.92 Å². The van der Waals surface area contributed by atoms with Gasteiger partial charge in [0.15, 0.2) is 0 Å². The van der Waals surface area contributed by atoms with E-state index in [4.69, 9.17) is 10.8 Å². The van der Waals surface area contributed by atoms with E-state index < -0.39 is 0 Å². The first kappa shape index (κ1) is 12.4. The molecule has 0 spiro atoms. The lowest BCUT2D eigenvalue weighted by molar-refractivity contribution is 0.269. The Morgan fingerprint density at radius 3 is 2.25 bits per heavy atom.